The summed E-state index contributed by atoms with van der Waals surface area (Å²) in [6.45, 7) is 4.75. The predicted molar refractivity (Wildman–Crippen MR) is 74.2 cm³/mol. The first-order valence-corrected chi connectivity index (χ1v) is 6.60. The van der Waals surface area contributed by atoms with Gasteiger partial charge in [-0.05, 0) is 38.5 Å². The van der Waals surface area contributed by atoms with Gasteiger partial charge < -0.3 is 15.0 Å². The van der Waals surface area contributed by atoms with Gasteiger partial charge in [-0.15, -0.1) is 0 Å². The van der Waals surface area contributed by atoms with E-state index < -0.39 is 0 Å². The van der Waals surface area contributed by atoms with Crippen LogP contribution < -0.4 is 5.32 Å². The average Bonchev–Trinajstić information content (AvgIpc) is 2.97. The zero-order valence-electron chi connectivity index (χ0n) is 11.2. The number of benzene rings is 1. The largest absolute Gasteiger partial charge is 0.376 e. The highest BCUT2D eigenvalue weighted by atomic mass is 16.5. The first-order valence-electron chi connectivity index (χ1n) is 6.60. The molecule has 4 heteroatoms. The van der Waals surface area contributed by atoms with E-state index in [1.807, 2.05) is 44.3 Å². The molecule has 1 fully saturated rings. The molecular formula is C15H18N2O2. The molecule has 1 amide bonds. The van der Waals surface area contributed by atoms with Gasteiger partial charge in [0.15, 0.2) is 0 Å². The molecule has 1 aromatic carbocycles. The molecule has 3 rings (SSSR count). The van der Waals surface area contributed by atoms with Crippen LogP contribution in [0.3, 0.4) is 0 Å². The first-order chi connectivity index (χ1) is 9.10. The van der Waals surface area contributed by atoms with E-state index in [0.29, 0.717) is 12.2 Å². The highest BCUT2D eigenvalue weighted by molar-refractivity contribution is 6.06. The molecule has 0 radical (unpaired) electrons. The molecule has 4 nitrogen and oxygen atoms in total. The molecule has 0 bridgehead atoms. The standard InChI is InChI=1S/C15H18N2O2/c1-10-15(2,7-9-19-10)17-14(18)12-4-3-5-13-11(12)6-8-16-13/h3-6,8,10,16H,7,9H2,1-2H3,(H,17,18). The molecule has 1 saturated heterocycles. The maximum atomic E-state index is 12.5. The Bertz CT molecular complexity index is 619. The van der Waals surface area contributed by atoms with Gasteiger partial charge in [0, 0.05) is 29.3 Å². The van der Waals surface area contributed by atoms with E-state index in [1.54, 1.807) is 0 Å². The van der Waals surface area contributed by atoms with Gasteiger partial charge in [0.25, 0.3) is 5.91 Å². The number of H-pyrrole nitrogens is 1. The smallest absolute Gasteiger partial charge is 0.252 e. The molecule has 1 aliphatic heterocycles. The maximum Gasteiger partial charge on any atom is 0.252 e. The Morgan fingerprint density at radius 3 is 3.05 bits per heavy atom. The number of ether oxygens (including phenoxy) is 1. The predicted octanol–water partition coefficient (Wildman–Crippen LogP) is 2.47. The number of aromatic nitrogens is 1. The highest BCUT2D eigenvalue weighted by Crippen LogP contribution is 2.26. The van der Waals surface area contributed by atoms with Gasteiger partial charge >= 0.3 is 0 Å². The number of amides is 1. The molecule has 0 saturated carbocycles. The van der Waals surface area contributed by atoms with E-state index in [9.17, 15) is 4.79 Å². The second kappa shape index (κ2) is 4.38. The molecule has 2 heterocycles. The lowest BCUT2D eigenvalue weighted by molar-refractivity contribution is 0.0728. The summed E-state index contributed by atoms with van der Waals surface area (Å²) in [4.78, 5) is 15.6. The van der Waals surface area contributed by atoms with Crippen molar-refractivity contribution < 1.29 is 9.53 Å². The summed E-state index contributed by atoms with van der Waals surface area (Å²) in [5.74, 6) is -0.0370. The van der Waals surface area contributed by atoms with Crippen LogP contribution in [0.1, 0.15) is 30.6 Å². The third kappa shape index (κ3) is 2.02. The molecule has 0 spiro atoms. The van der Waals surface area contributed by atoms with E-state index in [0.717, 1.165) is 17.3 Å². The number of hydrogen-bond donors (Lipinski definition) is 2. The van der Waals surface area contributed by atoms with Gasteiger partial charge in [0.2, 0.25) is 0 Å². The van der Waals surface area contributed by atoms with E-state index in [-0.39, 0.29) is 17.6 Å². The van der Waals surface area contributed by atoms with Crippen molar-refractivity contribution in [3.8, 4) is 0 Å². The maximum absolute atomic E-state index is 12.5. The van der Waals surface area contributed by atoms with Crippen molar-refractivity contribution in [1.82, 2.24) is 10.3 Å². The van der Waals surface area contributed by atoms with Crippen molar-refractivity contribution in [1.29, 1.82) is 0 Å². The van der Waals surface area contributed by atoms with Crippen LogP contribution in [0.2, 0.25) is 0 Å². The fourth-order valence-corrected chi connectivity index (χ4v) is 2.61. The Balaban J connectivity index is 1.90. The zero-order chi connectivity index (χ0) is 13.5. The van der Waals surface area contributed by atoms with Gasteiger partial charge in [-0.3, -0.25) is 4.79 Å². The van der Waals surface area contributed by atoms with E-state index in [2.05, 4.69) is 10.3 Å². The normalized spacial score (nSPS) is 26.7. The van der Waals surface area contributed by atoms with E-state index >= 15 is 0 Å². The molecule has 2 unspecified atom stereocenters. The van der Waals surface area contributed by atoms with E-state index in [4.69, 9.17) is 4.74 Å². The Hall–Kier alpha value is -1.81. The van der Waals surface area contributed by atoms with Crippen LogP contribution in [0, 0.1) is 0 Å². The Morgan fingerprint density at radius 2 is 2.32 bits per heavy atom. The van der Waals surface area contributed by atoms with Gasteiger partial charge in [0.05, 0.1) is 11.6 Å². The van der Waals surface area contributed by atoms with Crippen molar-refractivity contribution in [3.63, 3.8) is 0 Å². The van der Waals surface area contributed by atoms with E-state index in [1.165, 1.54) is 0 Å². The van der Waals surface area contributed by atoms with Crippen molar-refractivity contribution in [2.45, 2.75) is 31.9 Å². The minimum Gasteiger partial charge on any atom is -0.376 e. The lowest BCUT2D eigenvalue weighted by Crippen LogP contribution is -2.50. The monoisotopic (exact) mass is 258 g/mol. The van der Waals surface area contributed by atoms with Crippen LogP contribution in [0.15, 0.2) is 30.5 Å². The highest BCUT2D eigenvalue weighted by Gasteiger charge is 2.38. The fourth-order valence-electron chi connectivity index (χ4n) is 2.61. The van der Waals surface area contributed by atoms with Gasteiger partial charge in [0.1, 0.15) is 0 Å². The Kier molecular flexibility index (Phi) is 2.82. The van der Waals surface area contributed by atoms with Crippen molar-refractivity contribution in [2.24, 2.45) is 0 Å². The van der Waals surface area contributed by atoms with Crippen LogP contribution in [0.5, 0.6) is 0 Å². The SMILES string of the molecule is CC1OCCC1(C)NC(=O)c1cccc2[nH]ccc12. The second-order valence-electron chi connectivity index (χ2n) is 5.38. The molecule has 19 heavy (non-hydrogen) atoms. The van der Waals surface area contributed by atoms with Crippen LogP contribution in [-0.2, 0) is 4.74 Å². The topological polar surface area (TPSA) is 54.1 Å². The molecule has 1 aliphatic rings. The minimum absolute atomic E-state index is 0.0370. The number of fused-ring (bicyclic) bond motifs is 1. The van der Waals surface area contributed by atoms with Crippen LogP contribution in [-0.4, -0.2) is 29.1 Å². The van der Waals surface area contributed by atoms with Crippen LogP contribution in [0.25, 0.3) is 10.9 Å². The van der Waals surface area contributed by atoms with Crippen molar-refractivity contribution in [2.75, 3.05) is 6.61 Å². The average molecular weight is 258 g/mol. The molecule has 2 N–H and O–H groups in total. The number of aromatic amines is 1. The summed E-state index contributed by atoms with van der Waals surface area (Å²) in [6.07, 6.45) is 2.75. The fraction of sp³-hybridized carbons (Fsp3) is 0.400. The molecule has 2 aromatic rings. The Morgan fingerprint density at radius 1 is 1.47 bits per heavy atom. The third-order valence-electron chi connectivity index (χ3n) is 4.13. The second-order valence-corrected chi connectivity index (χ2v) is 5.38. The number of carbonyl (C=O) groups excluding carboxylic acids is 1. The number of nitrogens with one attached hydrogen (secondary N) is 2. The number of rotatable bonds is 2. The van der Waals surface area contributed by atoms with Crippen molar-refractivity contribution >= 4 is 16.8 Å². The molecule has 100 valence electrons. The quantitative estimate of drug-likeness (QED) is 0.869. The summed E-state index contributed by atoms with van der Waals surface area (Å²) in [5.41, 5.74) is 1.41. The Labute approximate surface area is 112 Å². The summed E-state index contributed by atoms with van der Waals surface area (Å²) in [7, 11) is 0. The summed E-state index contributed by atoms with van der Waals surface area (Å²) in [6, 6.07) is 7.65. The van der Waals surface area contributed by atoms with Crippen LogP contribution >= 0.6 is 0 Å². The van der Waals surface area contributed by atoms with Gasteiger partial charge in [-0.1, -0.05) is 6.07 Å². The number of hydrogen-bond acceptors (Lipinski definition) is 2. The summed E-state index contributed by atoms with van der Waals surface area (Å²) in [5, 5.41) is 4.08. The lowest BCUT2D eigenvalue weighted by Gasteiger charge is -2.29. The zero-order valence-corrected chi connectivity index (χ0v) is 11.2. The molecule has 1 aromatic heterocycles. The van der Waals surface area contributed by atoms with Gasteiger partial charge in [-0.25, -0.2) is 0 Å². The summed E-state index contributed by atoms with van der Waals surface area (Å²) < 4.78 is 5.56. The van der Waals surface area contributed by atoms with Crippen LogP contribution in [0.4, 0.5) is 0 Å². The third-order valence-corrected chi connectivity index (χ3v) is 4.13. The number of carbonyl (C=O) groups is 1. The molecule has 0 aliphatic carbocycles. The molecule has 2 atom stereocenters. The summed E-state index contributed by atoms with van der Waals surface area (Å²) >= 11 is 0. The lowest BCUT2D eigenvalue weighted by atomic mass is 9.94. The first kappa shape index (κ1) is 12.2. The van der Waals surface area contributed by atoms with Crippen molar-refractivity contribution in [3.05, 3.63) is 36.0 Å². The molecular weight excluding hydrogens is 240 g/mol. The van der Waals surface area contributed by atoms with Gasteiger partial charge in [-0.2, -0.15) is 0 Å². The minimum atomic E-state index is -0.282.